The summed E-state index contributed by atoms with van der Waals surface area (Å²) < 4.78 is 4.77. The van der Waals surface area contributed by atoms with E-state index < -0.39 is 10.8 Å². The van der Waals surface area contributed by atoms with Crippen molar-refractivity contribution in [3.8, 4) is 6.01 Å². The van der Waals surface area contributed by atoms with Crippen molar-refractivity contribution >= 4 is 11.8 Å². The van der Waals surface area contributed by atoms with Crippen LogP contribution in [-0.2, 0) is 0 Å². The summed E-state index contributed by atoms with van der Waals surface area (Å²) in [7, 11) is 4.58. The number of nitrogens with zero attached hydrogens (tertiary/aromatic N) is 6. The Labute approximate surface area is 95.7 Å². The molecule has 0 saturated heterocycles. The molecule has 0 unspecified atom stereocenters. The zero-order valence-electron chi connectivity index (χ0n) is 9.36. The average Bonchev–Trinajstić information content (AvgIpc) is 2.28. The van der Waals surface area contributed by atoms with Crippen LogP contribution in [0.1, 0.15) is 5.82 Å². The Morgan fingerprint density at radius 3 is 2.53 bits per heavy atom. The monoisotopic (exact) mass is 242 g/mol. The average molecular weight is 242 g/mol. The Hall–Kier alpha value is -2.52. The van der Waals surface area contributed by atoms with Gasteiger partial charge in [-0.1, -0.05) is 0 Å². The molecule has 1 aromatic heterocycles. The van der Waals surface area contributed by atoms with Gasteiger partial charge in [0.2, 0.25) is 5.95 Å². The van der Waals surface area contributed by atoms with Gasteiger partial charge in [-0.05, 0) is 4.92 Å². The molecule has 0 aliphatic carbocycles. The van der Waals surface area contributed by atoms with Crippen LogP contribution in [0.5, 0.6) is 6.01 Å². The normalized spacial score (nSPS) is 11.1. The lowest BCUT2D eigenvalue weighted by molar-refractivity contribution is -0.351. The highest BCUT2D eigenvalue weighted by atomic mass is 16.6. The summed E-state index contributed by atoms with van der Waals surface area (Å²) in [4.78, 5) is 22.4. The second-order valence-electron chi connectivity index (χ2n) is 3.02. The summed E-state index contributed by atoms with van der Waals surface area (Å²) in [5, 5.41) is 21.6. The van der Waals surface area contributed by atoms with Crippen LogP contribution in [0.15, 0.2) is 5.16 Å². The van der Waals surface area contributed by atoms with Crippen molar-refractivity contribution in [1.29, 1.82) is 0 Å². The molecule has 92 valence electrons. The van der Waals surface area contributed by atoms with Gasteiger partial charge in [-0.25, -0.2) is 0 Å². The molecule has 1 aromatic rings. The quantitative estimate of drug-likeness (QED) is 0.244. The Bertz CT molecular complexity index is 460. The van der Waals surface area contributed by atoms with Crippen molar-refractivity contribution in [3.05, 3.63) is 15.9 Å². The van der Waals surface area contributed by atoms with Gasteiger partial charge in [0.25, 0.3) is 5.82 Å². The predicted molar refractivity (Wildman–Crippen MR) is 56.0 cm³/mol. The van der Waals surface area contributed by atoms with Gasteiger partial charge in [0.15, 0.2) is 5.16 Å². The van der Waals surface area contributed by atoms with Gasteiger partial charge >= 0.3 is 11.8 Å². The number of nitro groups is 1. The molecule has 0 radical (unpaired) electrons. The highest BCUT2D eigenvalue weighted by molar-refractivity contribution is 5.88. The van der Waals surface area contributed by atoms with Crippen molar-refractivity contribution in [1.82, 2.24) is 15.0 Å². The molecule has 0 bridgehead atoms. The van der Waals surface area contributed by atoms with Gasteiger partial charge in [-0.3, -0.25) is 0 Å². The number of amidine groups is 1. The Morgan fingerprint density at radius 1 is 1.47 bits per heavy atom. The second kappa shape index (κ2) is 5.01. The second-order valence-corrected chi connectivity index (χ2v) is 3.02. The molecule has 0 atom stereocenters. The first kappa shape index (κ1) is 12.5. The van der Waals surface area contributed by atoms with Crippen molar-refractivity contribution < 1.29 is 14.9 Å². The Morgan fingerprint density at radius 2 is 2.12 bits per heavy atom. The smallest absolute Gasteiger partial charge is 0.454 e. The number of methoxy groups -OCH3 is 1. The highest BCUT2D eigenvalue weighted by Gasteiger charge is 2.23. The maximum absolute atomic E-state index is 10.6. The van der Waals surface area contributed by atoms with E-state index in [1.165, 1.54) is 12.0 Å². The van der Waals surface area contributed by atoms with E-state index in [2.05, 4.69) is 20.1 Å². The maximum atomic E-state index is 10.6. The van der Waals surface area contributed by atoms with Crippen molar-refractivity contribution in [3.63, 3.8) is 0 Å². The molecule has 0 amide bonds. The number of oxime groups is 1. The molecule has 10 heteroatoms. The maximum Gasteiger partial charge on any atom is 0.454 e. The molecule has 0 aliphatic heterocycles. The molecular formula is C7H10N6O4. The van der Waals surface area contributed by atoms with E-state index in [0.717, 1.165) is 0 Å². The van der Waals surface area contributed by atoms with Crippen molar-refractivity contribution in [2.45, 2.75) is 0 Å². The first-order chi connectivity index (χ1) is 7.99. The van der Waals surface area contributed by atoms with Crippen molar-refractivity contribution in [2.24, 2.45) is 5.16 Å². The molecule has 0 spiro atoms. The van der Waals surface area contributed by atoms with Crippen LogP contribution in [0.2, 0.25) is 0 Å². The fourth-order valence-corrected chi connectivity index (χ4v) is 0.900. The topological polar surface area (TPSA) is 127 Å². The van der Waals surface area contributed by atoms with Crippen LogP contribution in [0.25, 0.3) is 0 Å². The number of rotatable bonds is 3. The minimum atomic E-state index is -0.909. The summed E-state index contributed by atoms with van der Waals surface area (Å²) in [5.74, 6) is -1.11. The third-order valence-corrected chi connectivity index (χ3v) is 1.65. The van der Waals surface area contributed by atoms with Crippen LogP contribution in [0.4, 0.5) is 5.95 Å². The summed E-state index contributed by atoms with van der Waals surface area (Å²) in [6, 6.07) is -0.110. The molecule has 0 saturated carbocycles. The SMILES string of the molecule is COc1nc(C(=NO)[N+](=O)[O-])nc(N(C)C)n1. The molecule has 1 N–H and O–H groups in total. The standard InChI is InChI=1S/C7H10N6O4/c1-12(2)6-8-4(5(11-14)13(15)16)9-7(10-6)17-3/h14H,1-3H3. The summed E-state index contributed by atoms with van der Waals surface area (Å²) in [6.45, 7) is 0. The van der Waals surface area contributed by atoms with Gasteiger partial charge < -0.3 is 25.0 Å². The molecule has 10 nitrogen and oxygen atoms in total. The molecule has 1 rings (SSSR count). The van der Waals surface area contributed by atoms with E-state index in [1.54, 1.807) is 14.1 Å². The first-order valence-electron chi connectivity index (χ1n) is 4.33. The lowest BCUT2D eigenvalue weighted by atomic mass is 10.5. The van der Waals surface area contributed by atoms with E-state index in [4.69, 9.17) is 9.94 Å². The van der Waals surface area contributed by atoms with E-state index in [0.29, 0.717) is 0 Å². The van der Waals surface area contributed by atoms with Crippen molar-refractivity contribution in [2.75, 3.05) is 26.1 Å². The zero-order valence-corrected chi connectivity index (χ0v) is 9.36. The number of hydrogen-bond acceptors (Lipinski definition) is 9. The molecular weight excluding hydrogens is 232 g/mol. The largest absolute Gasteiger partial charge is 0.467 e. The molecule has 0 aromatic carbocycles. The van der Waals surface area contributed by atoms with Crippen LogP contribution >= 0.6 is 0 Å². The molecule has 0 aliphatic rings. The number of hydrogen-bond donors (Lipinski definition) is 1. The zero-order chi connectivity index (χ0) is 13.0. The fourth-order valence-electron chi connectivity index (χ4n) is 0.900. The number of aromatic nitrogens is 3. The first-order valence-corrected chi connectivity index (χ1v) is 4.33. The fraction of sp³-hybridized carbons (Fsp3) is 0.429. The third-order valence-electron chi connectivity index (χ3n) is 1.65. The highest BCUT2D eigenvalue weighted by Crippen LogP contribution is 2.10. The summed E-state index contributed by atoms with van der Waals surface area (Å²) in [5.41, 5.74) is 0. The van der Waals surface area contributed by atoms with E-state index in [9.17, 15) is 10.1 Å². The lowest BCUT2D eigenvalue weighted by Crippen LogP contribution is -2.21. The van der Waals surface area contributed by atoms with Crippen LogP contribution in [0.3, 0.4) is 0 Å². The van der Waals surface area contributed by atoms with Gasteiger partial charge in [0, 0.05) is 14.1 Å². The van der Waals surface area contributed by atoms with E-state index in [-0.39, 0.29) is 17.8 Å². The van der Waals surface area contributed by atoms with Crippen LogP contribution in [0, 0.1) is 10.1 Å². The Balaban J connectivity index is 3.33. The van der Waals surface area contributed by atoms with E-state index in [1.807, 2.05) is 0 Å². The lowest BCUT2D eigenvalue weighted by Gasteiger charge is -2.10. The van der Waals surface area contributed by atoms with Gasteiger partial charge in [-0.2, -0.15) is 15.0 Å². The number of anilines is 1. The van der Waals surface area contributed by atoms with Crippen LogP contribution in [-0.4, -0.2) is 52.1 Å². The van der Waals surface area contributed by atoms with Gasteiger partial charge in [0.05, 0.1) is 7.11 Å². The van der Waals surface area contributed by atoms with Crippen LogP contribution < -0.4 is 9.64 Å². The molecule has 1 heterocycles. The minimum Gasteiger partial charge on any atom is -0.467 e. The van der Waals surface area contributed by atoms with Gasteiger partial charge in [-0.15, -0.1) is 0 Å². The molecule has 17 heavy (non-hydrogen) atoms. The van der Waals surface area contributed by atoms with E-state index >= 15 is 0 Å². The molecule has 0 fully saturated rings. The summed E-state index contributed by atoms with van der Waals surface area (Å²) in [6.07, 6.45) is 0. The third kappa shape index (κ3) is 2.74. The number of ether oxygens (including phenoxy) is 1. The van der Waals surface area contributed by atoms with Gasteiger partial charge in [0.1, 0.15) is 0 Å². The minimum absolute atomic E-state index is 0.110. The predicted octanol–water partition coefficient (Wildman–Crippen LogP) is -0.641. The Kier molecular flexibility index (Phi) is 3.70. The summed E-state index contributed by atoms with van der Waals surface area (Å²) >= 11 is 0.